The average Bonchev–Trinajstić information content (AvgIpc) is 2.26. The predicted octanol–water partition coefficient (Wildman–Crippen LogP) is -0.169. The second kappa shape index (κ2) is 5.25. The number of pyridine rings is 1. The number of primary amides is 1. The lowest BCUT2D eigenvalue weighted by molar-refractivity contribution is -0.385. The highest BCUT2D eigenvalue weighted by Crippen LogP contribution is 2.31. The highest BCUT2D eigenvalue weighted by atomic mass is 35.5. The molecular weight excluding hydrogens is 266 g/mol. The smallest absolute Gasteiger partial charge is 0.309 e. The van der Waals surface area contributed by atoms with Crippen molar-refractivity contribution in [1.29, 1.82) is 0 Å². The van der Waals surface area contributed by atoms with Gasteiger partial charge in [-0.05, 0) is 6.92 Å². The summed E-state index contributed by atoms with van der Waals surface area (Å²) in [5.74, 6) is -1.15. The quantitative estimate of drug-likeness (QED) is 0.396. The number of hydrogen-bond donors (Lipinski definition) is 3. The molecule has 0 spiro atoms. The predicted molar refractivity (Wildman–Crippen MR) is 60.8 cm³/mol. The Morgan fingerprint density at radius 2 is 2.17 bits per heavy atom. The van der Waals surface area contributed by atoms with E-state index in [2.05, 4.69) is 4.98 Å². The number of hydrogen-bond acceptors (Lipinski definition) is 6. The summed E-state index contributed by atoms with van der Waals surface area (Å²) in [5, 5.41) is 29.4. The van der Waals surface area contributed by atoms with E-state index < -0.39 is 28.7 Å². The van der Waals surface area contributed by atoms with Gasteiger partial charge in [0, 0.05) is 17.3 Å². The molecule has 98 valence electrons. The van der Waals surface area contributed by atoms with Crippen molar-refractivity contribution in [2.45, 2.75) is 19.1 Å². The molecular formula is C9H10ClN3O5. The molecule has 1 aromatic heterocycles. The summed E-state index contributed by atoms with van der Waals surface area (Å²) in [5.41, 5.74) is 4.25. The molecule has 1 aromatic rings. The van der Waals surface area contributed by atoms with E-state index in [0.717, 1.165) is 6.20 Å². The van der Waals surface area contributed by atoms with Gasteiger partial charge in [-0.2, -0.15) is 0 Å². The van der Waals surface area contributed by atoms with Crippen LogP contribution in [0.3, 0.4) is 0 Å². The Balaban J connectivity index is 3.31. The molecule has 0 aliphatic carbocycles. The Hall–Kier alpha value is -1.77. The zero-order chi connectivity index (χ0) is 14.0. The normalized spacial score (nSPS) is 14.0. The Kier molecular flexibility index (Phi) is 4.17. The zero-order valence-electron chi connectivity index (χ0n) is 9.20. The fraction of sp³-hybridized carbons (Fsp3) is 0.333. The number of halogens is 1. The van der Waals surface area contributed by atoms with Crippen molar-refractivity contribution in [3.63, 3.8) is 0 Å². The third kappa shape index (κ3) is 2.55. The molecule has 1 rings (SSSR count). The van der Waals surface area contributed by atoms with Gasteiger partial charge in [-0.15, -0.1) is 0 Å². The molecule has 0 saturated carbocycles. The lowest BCUT2D eigenvalue weighted by atomic mass is 10.0. The van der Waals surface area contributed by atoms with Crippen molar-refractivity contribution >= 4 is 23.2 Å². The van der Waals surface area contributed by atoms with E-state index in [1.54, 1.807) is 0 Å². The highest BCUT2D eigenvalue weighted by molar-refractivity contribution is 6.31. The standard InChI is InChI=1S/C9H10ClN3O5/c1-3-4(6(14)7(15)9(11)16)2-12-8(10)5(3)13(17)18/h2,6-7,14-15H,1H3,(H2,11,16). The number of carbonyl (C=O) groups excluding carboxylic acids is 1. The summed E-state index contributed by atoms with van der Waals surface area (Å²) >= 11 is 5.55. The molecule has 1 heterocycles. The van der Waals surface area contributed by atoms with E-state index in [1.165, 1.54) is 6.92 Å². The molecule has 0 saturated heterocycles. The van der Waals surface area contributed by atoms with Crippen LogP contribution in [-0.4, -0.2) is 32.1 Å². The van der Waals surface area contributed by atoms with Gasteiger partial charge in [-0.1, -0.05) is 11.6 Å². The SMILES string of the molecule is Cc1c(C(O)C(O)C(N)=O)cnc(Cl)c1[N+](=O)[O-]. The first-order valence-corrected chi connectivity index (χ1v) is 5.10. The topological polar surface area (TPSA) is 140 Å². The largest absolute Gasteiger partial charge is 0.385 e. The van der Waals surface area contributed by atoms with Crippen molar-refractivity contribution in [2.75, 3.05) is 0 Å². The number of aromatic nitrogens is 1. The minimum atomic E-state index is -1.88. The molecule has 8 nitrogen and oxygen atoms in total. The molecule has 4 N–H and O–H groups in total. The lowest BCUT2D eigenvalue weighted by Gasteiger charge is -2.16. The van der Waals surface area contributed by atoms with Gasteiger partial charge < -0.3 is 15.9 Å². The summed E-state index contributed by atoms with van der Waals surface area (Å²) < 4.78 is 0. The summed E-state index contributed by atoms with van der Waals surface area (Å²) in [7, 11) is 0. The van der Waals surface area contributed by atoms with Gasteiger partial charge in [0.1, 0.15) is 6.10 Å². The third-order valence-electron chi connectivity index (χ3n) is 2.39. The zero-order valence-corrected chi connectivity index (χ0v) is 9.96. The summed E-state index contributed by atoms with van der Waals surface area (Å²) in [6.45, 7) is 1.32. The molecule has 0 fully saturated rings. The lowest BCUT2D eigenvalue weighted by Crippen LogP contribution is -2.34. The van der Waals surface area contributed by atoms with Crippen molar-refractivity contribution in [1.82, 2.24) is 4.98 Å². The maximum Gasteiger partial charge on any atom is 0.309 e. The molecule has 9 heteroatoms. The van der Waals surface area contributed by atoms with E-state index in [9.17, 15) is 25.1 Å². The Morgan fingerprint density at radius 1 is 1.61 bits per heavy atom. The number of nitro groups is 1. The van der Waals surface area contributed by atoms with Gasteiger partial charge in [0.2, 0.25) is 11.1 Å². The average molecular weight is 276 g/mol. The van der Waals surface area contributed by atoms with Gasteiger partial charge in [-0.25, -0.2) is 4.98 Å². The van der Waals surface area contributed by atoms with Crippen LogP contribution in [0.1, 0.15) is 17.2 Å². The molecule has 18 heavy (non-hydrogen) atoms. The molecule has 0 aromatic carbocycles. The van der Waals surface area contributed by atoms with E-state index in [1.807, 2.05) is 0 Å². The number of aliphatic hydroxyl groups excluding tert-OH is 2. The number of nitrogens with zero attached hydrogens (tertiary/aromatic N) is 2. The van der Waals surface area contributed by atoms with E-state index >= 15 is 0 Å². The first-order chi connectivity index (χ1) is 8.27. The van der Waals surface area contributed by atoms with E-state index in [-0.39, 0.29) is 16.3 Å². The molecule has 1 amide bonds. The molecule has 2 unspecified atom stereocenters. The fourth-order valence-corrected chi connectivity index (χ4v) is 1.67. The number of rotatable bonds is 4. The first kappa shape index (κ1) is 14.3. The van der Waals surface area contributed by atoms with Gasteiger partial charge in [0.25, 0.3) is 0 Å². The van der Waals surface area contributed by atoms with Gasteiger partial charge in [0.15, 0.2) is 6.10 Å². The van der Waals surface area contributed by atoms with Crippen LogP contribution in [0.15, 0.2) is 6.20 Å². The Labute approximate surface area is 106 Å². The van der Waals surface area contributed by atoms with Crippen LogP contribution in [0.25, 0.3) is 0 Å². The second-order valence-corrected chi connectivity index (χ2v) is 3.89. The van der Waals surface area contributed by atoms with Gasteiger partial charge in [-0.3, -0.25) is 14.9 Å². The van der Waals surface area contributed by atoms with Crippen LogP contribution < -0.4 is 5.73 Å². The van der Waals surface area contributed by atoms with Crippen LogP contribution in [0.4, 0.5) is 5.69 Å². The summed E-state index contributed by atoms with van der Waals surface area (Å²) in [6.07, 6.45) is -2.54. The molecule has 0 aliphatic heterocycles. The summed E-state index contributed by atoms with van der Waals surface area (Å²) in [4.78, 5) is 24.3. The molecule has 0 aliphatic rings. The highest BCUT2D eigenvalue weighted by Gasteiger charge is 2.29. The molecule has 0 bridgehead atoms. The van der Waals surface area contributed by atoms with Crippen LogP contribution in [-0.2, 0) is 4.79 Å². The summed E-state index contributed by atoms with van der Waals surface area (Å²) in [6, 6.07) is 0. The molecule has 0 radical (unpaired) electrons. The van der Waals surface area contributed by atoms with Crippen LogP contribution in [0, 0.1) is 17.0 Å². The Bertz CT molecular complexity index is 507. The maximum absolute atomic E-state index is 10.8. The van der Waals surface area contributed by atoms with Crippen molar-refractivity contribution in [3.8, 4) is 0 Å². The monoisotopic (exact) mass is 275 g/mol. The third-order valence-corrected chi connectivity index (χ3v) is 2.67. The number of nitrogens with two attached hydrogens (primary N) is 1. The second-order valence-electron chi connectivity index (χ2n) is 3.53. The van der Waals surface area contributed by atoms with E-state index in [0.29, 0.717) is 0 Å². The number of carbonyl (C=O) groups is 1. The Morgan fingerprint density at radius 3 is 2.61 bits per heavy atom. The molecule has 2 atom stereocenters. The first-order valence-electron chi connectivity index (χ1n) is 4.72. The van der Waals surface area contributed by atoms with Crippen LogP contribution in [0.2, 0.25) is 5.15 Å². The van der Waals surface area contributed by atoms with Crippen LogP contribution >= 0.6 is 11.6 Å². The maximum atomic E-state index is 10.8. The van der Waals surface area contributed by atoms with Gasteiger partial charge >= 0.3 is 5.69 Å². The fourth-order valence-electron chi connectivity index (χ4n) is 1.41. The van der Waals surface area contributed by atoms with Crippen molar-refractivity contribution in [2.24, 2.45) is 5.73 Å². The number of aliphatic hydroxyl groups is 2. The van der Waals surface area contributed by atoms with E-state index in [4.69, 9.17) is 17.3 Å². The van der Waals surface area contributed by atoms with Crippen LogP contribution in [0.5, 0.6) is 0 Å². The number of amides is 1. The van der Waals surface area contributed by atoms with Crippen molar-refractivity contribution in [3.05, 3.63) is 32.6 Å². The minimum absolute atomic E-state index is 0.00722. The van der Waals surface area contributed by atoms with Crippen molar-refractivity contribution < 1.29 is 19.9 Å². The minimum Gasteiger partial charge on any atom is -0.385 e. The van der Waals surface area contributed by atoms with Gasteiger partial charge in [0.05, 0.1) is 4.92 Å².